The first-order chi connectivity index (χ1) is 8.98. The molecule has 1 aliphatic heterocycles. The quantitative estimate of drug-likeness (QED) is 0.780. The van der Waals surface area contributed by atoms with Crippen molar-refractivity contribution in [1.29, 1.82) is 0 Å². The number of rotatable bonds is 4. The molecule has 4 heteroatoms. The topological polar surface area (TPSA) is 18.5 Å². The molecule has 0 saturated carbocycles. The molecule has 3 unspecified atom stereocenters. The lowest BCUT2D eigenvalue weighted by Gasteiger charge is -2.36. The zero-order chi connectivity index (χ0) is 13.9. The van der Waals surface area contributed by atoms with Crippen LogP contribution in [0.2, 0.25) is 25.7 Å². The SMILES string of the molecule is CC(c1ccccc1)[SiH](C)OC1CCC[Si](C)(C)O1. The van der Waals surface area contributed by atoms with Crippen molar-refractivity contribution in [2.45, 2.75) is 57.3 Å². The van der Waals surface area contributed by atoms with E-state index in [0.717, 1.165) is 6.42 Å². The van der Waals surface area contributed by atoms with E-state index >= 15 is 0 Å². The summed E-state index contributed by atoms with van der Waals surface area (Å²) in [5.41, 5.74) is 1.94. The van der Waals surface area contributed by atoms with Gasteiger partial charge in [-0.15, -0.1) is 0 Å². The summed E-state index contributed by atoms with van der Waals surface area (Å²) in [6.45, 7) is 9.19. The Balaban J connectivity index is 1.92. The van der Waals surface area contributed by atoms with Crippen molar-refractivity contribution >= 4 is 17.4 Å². The van der Waals surface area contributed by atoms with Gasteiger partial charge < -0.3 is 8.85 Å². The van der Waals surface area contributed by atoms with E-state index in [-0.39, 0.29) is 6.29 Å². The minimum Gasteiger partial charge on any atom is -0.396 e. The monoisotopic (exact) mass is 294 g/mol. The number of hydrogen-bond donors (Lipinski definition) is 0. The van der Waals surface area contributed by atoms with Gasteiger partial charge in [0, 0.05) is 0 Å². The minimum absolute atomic E-state index is 0.0724. The van der Waals surface area contributed by atoms with E-state index < -0.39 is 17.4 Å². The van der Waals surface area contributed by atoms with Crippen LogP contribution in [0.3, 0.4) is 0 Å². The second-order valence-electron chi connectivity index (χ2n) is 6.24. The molecule has 19 heavy (non-hydrogen) atoms. The lowest BCUT2D eigenvalue weighted by molar-refractivity contribution is -0.0225. The van der Waals surface area contributed by atoms with Crippen molar-refractivity contribution in [3.8, 4) is 0 Å². The highest BCUT2D eigenvalue weighted by atomic mass is 28.4. The van der Waals surface area contributed by atoms with Crippen LogP contribution >= 0.6 is 0 Å². The molecule has 1 fully saturated rings. The first kappa shape index (κ1) is 15.0. The highest BCUT2D eigenvalue weighted by Gasteiger charge is 2.33. The van der Waals surface area contributed by atoms with Gasteiger partial charge in [-0.1, -0.05) is 37.3 Å². The fourth-order valence-corrected chi connectivity index (χ4v) is 6.49. The molecular weight excluding hydrogens is 268 g/mol. The van der Waals surface area contributed by atoms with E-state index in [2.05, 4.69) is 56.9 Å². The first-order valence-corrected chi connectivity index (χ1v) is 12.8. The highest BCUT2D eigenvalue weighted by molar-refractivity contribution is 6.71. The zero-order valence-corrected chi connectivity index (χ0v) is 14.7. The summed E-state index contributed by atoms with van der Waals surface area (Å²) in [5, 5.41) is 0. The zero-order valence-electron chi connectivity index (χ0n) is 12.6. The predicted molar refractivity (Wildman–Crippen MR) is 85.4 cm³/mol. The Kier molecular flexibility index (Phi) is 5.00. The Morgan fingerprint density at radius 1 is 1.32 bits per heavy atom. The third kappa shape index (κ3) is 4.28. The van der Waals surface area contributed by atoms with Crippen LogP contribution in [0.15, 0.2) is 30.3 Å². The molecule has 1 aromatic carbocycles. The van der Waals surface area contributed by atoms with Crippen LogP contribution in [-0.4, -0.2) is 23.6 Å². The van der Waals surface area contributed by atoms with Gasteiger partial charge in [0.2, 0.25) is 0 Å². The van der Waals surface area contributed by atoms with Gasteiger partial charge in [0.25, 0.3) is 0 Å². The van der Waals surface area contributed by atoms with E-state index in [4.69, 9.17) is 8.85 Å². The van der Waals surface area contributed by atoms with Crippen molar-refractivity contribution < 1.29 is 8.85 Å². The molecule has 0 aliphatic carbocycles. The first-order valence-electron chi connectivity index (χ1n) is 7.36. The molecule has 0 bridgehead atoms. The van der Waals surface area contributed by atoms with Crippen LogP contribution in [0.1, 0.15) is 30.9 Å². The molecule has 0 spiro atoms. The Hall–Kier alpha value is -0.426. The molecule has 0 aromatic heterocycles. The summed E-state index contributed by atoms with van der Waals surface area (Å²) >= 11 is 0. The molecular formula is C15H26O2Si2. The van der Waals surface area contributed by atoms with Crippen LogP contribution in [-0.2, 0) is 8.85 Å². The van der Waals surface area contributed by atoms with E-state index in [1.165, 1.54) is 18.0 Å². The largest absolute Gasteiger partial charge is 0.396 e. The van der Waals surface area contributed by atoms with Gasteiger partial charge in [-0.05, 0) is 49.6 Å². The third-order valence-electron chi connectivity index (χ3n) is 4.07. The summed E-state index contributed by atoms with van der Waals surface area (Å²) in [7, 11) is -2.69. The van der Waals surface area contributed by atoms with Crippen molar-refractivity contribution in [3.05, 3.63) is 35.9 Å². The smallest absolute Gasteiger partial charge is 0.190 e. The second-order valence-corrected chi connectivity index (χ2v) is 13.2. The molecule has 0 amide bonds. The van der Waals surface area contributed by atoms with Gasteiger partial charge in [-0.2, -0.15) is 0 Å². The standard InChI is InChI=1S/C15H26O2Si2/c1-13(14-9-6-5-7-10-14)18(2)16-15-11-8-12-19(3,4)17-15/h5-7,9-10,13,15,18H,8,11-12H2,1-4H3. The lowest BCUT2D eigenvalue weighted by atomic mass is 10.2. The minimum atomic E-state index is -1.44. The number of benzene rings is 1. The summed E-state index contributed by atoms with van der Waals surface area (Å²) < 4.78 is 12.5. The molecule has 1 aromatic rings. The van der Waals surface area contributed by atoms with Gasteiger partial charge >= 0.3 is 0 Å². The van der Waals surface area contributed by atoms with Crippen LogP contribution in [0, 0.1) is 0 Å². The summed E-state index contributed by atoms with van der Waals surface area (Å²) in [6, 6.07) is 12.0. The lowest BCUT2D eigenvalue weighted by Crippen LogP contribution is -2.43. The molecule has 2 rings (SSSR count). The summed E-state index contributed by atoms with van der Waals surface area (Å²) in [4.78, 5) is 0. The predicted octanol–water partition coefficient (Wildman–Crippen LogP) is 4.04. The van der Waals surface area contributed by atoms with Gasteiger partial charge in [0.15, 0.2) is 17.4 Å². The molecule has 3 atom stereocenters. The van der Waals surface area contributed by atoms with Gasteiger partial charge in [-0.3, -0.25) is 0 Å². The molecule has 2 nitrogen and oxygen atoms in total. The van der Waals surface area contributed by atoms with Crippen molar-refractivity contribution in [1.82, 2.24) is 0 Å². The van der Waals surface area contributed by atoms with E-state index in [9.17, 15) is 0 Å². The van der Waals surface area contributed by atoms with Gasteiger partial charge in [0.05, 0.1) is 0 Å². The van der Waals surface area contributed by atoms with Crippen LogP contribution < -0.4 is 0 Å². The van der Waals surface area contributed by atoms with E-state index in [1.54, 1.807) is 0 Å². The van der Waals surface area contributed by atoms with E-state index in [0.29, 0.717) is 5.54 Å². The highest BCUT2D eigenvalue weighted by Crippen LogP contribution is 2.28. The van der Waals surface area contributed by atoms with Gasteiger partial charge in [-0.25, -0.2) is 0 Å². The van der Waals surface area contributed by atoms with E-state index in [1.807, 2.05) is 0 Å². The Labute approximate surface area is 120 Å². The Bertz CT molecular complexity index is 394. The molecule has 1 aliphatic rings. The fourth-order valence-electron chi connectivity index (χ4n) is 2.65. The summed E-state index contributed by atoms with van der Waals surface area (Å²) in [6.07, 6.45) is 2.42. The average molecular weight is 295 g/mol. The molecule has 0 radical (unpaired) electrons. The van der Waals surface area contributed by atoms with Crippen molar-refractivity contribution in [2.75, 3.05) is 0 Å². The maximum Gasteiger partial charge on any atom is 0.190 e. The molecule has 1 saturated heterocycles. The van der Waals surface area contributed by atoms with Gasteiger partial charge in [0.1, 0.15) is 6.29 Å². The number of hydrogen-bond acceptors (Lipinski definition) is 2. The van der Waals surface area contributed by atoms with Crippen LogP contribution in [0.4, 0.5) is 0 Å². The Morgan fingerprint density at radius 2 is 2.00 bits per heavy atom. The fraction of sp³-hybridized carbons (Fsp3) is 0.600. The third-order valence-corrected chi connectivity index (χ3v) is 9.05. The van der Waals surface area contributed by atoms with Crippen LogP contribution in [0.25, 0.3) is 0 Å². The van der Waals surface area contributed by atoms with Crippen molar-refractivity contribution in [2.24, 2.45) is 0 Å². The normalized spacial score (nSPS) is 25.8. The summed E-state index contributed by atoms with van der Waals surface area (Å²) in [5.74, 6) is 0. The maximum atomic E-state index is 6.29. The molecule has 106 valence electrons. The molecule has 0 N–H and O–H groups in total. The van der Waals surface area contributed by atoms with Crippen molar-refractivity contribution in [3.63, 3.8) is 0 Å². The Morgan fingerprint density at radius 3 is 2.63 bits per heavy atom. The average Bonchev–Trinajstić information content (AvgIpc) is 2.37. The second kappa shape index (κ2) is 6.35. The maximum absolute atomic E-state index is 6.29. The van der Waals surface area contributed by atoms with Crippen LogP contribution in [0.5, 0.6) is 0 Å². The molecule has 1 heterocycles.